The molecule has 2 aromatic heterocycles. The van der Waals surface area contributed by atoms with Gasteiger partial charge in [0.05, 0.1) is 5.75 Å². The van der Waals surface area contributed by atoms with Crippen molar-refractivity contribution in [3.63, 3.8) is 0 Å². The molecular weight excluding hydrogens is 450 g/mol. The number of pyridine rings is 1. The topological polar surface area (TPSA) is 72.7 Å². The Bertz CT molecular complexity index is 961. The number of amides is 1. The highest BCUT2D eigenvalue weighted by atomic mass is 79.9. The summed E-state index contributed by atoms with van der Waals surface area (Å²) in [7, 11) is 0. The summed E-state index contributed by atoms with van der Waals surface area (Å²) in [6, 6.07) is 10.9. The quantitative estimate of drug-likeness (QED) is 0.406. The number of nitrogens with zero attached hydrogens (tertiary/aromatic N) is 4. The van der Waals surface area contributed by atoms with Crippen LogP contribution in [0.1, 0.15) is 0 Å². The van der Waals surface area contributed by atoms with Crippen LogP contribution >= 0.6 is 39.3 Å². The fourth-order valence-electron chi connectivity index (χ4n) is 2.29. The van der Waals surface area contributed by atoms with E-state index in [1.54, 1.807) is 24.4 Å². The molecule has 0 aliphatic heterocycles. The molecule has 0 saturated carbocycles. The Hall–Kier alpha value is -2.16. The second kappa shape index (κ2) is 9.16. The van der Waals surface area contributed by atoms with Crippen LogP contribution < -0.4 is 5.32 Å². The van der Waals surface area contributed by atoms with Crippen LogP contribution in [0.15, 0.2) is 64.9 Å². The second-order valence-electron chi connectivity index (χ2n) is 5.41. The van der Waals surface area contributed by atoms with E-state index in [0.717, 1.165) is 10.0 Å². The molecule has 3 rings (SSSR count). The summed E-state index contributed by atoms with van der Waals surface area (Å²) >= 11 is 10.7. The molecule has 1 N–H and O–H groups in total. The van der Waals surface area contributed by atoms with Crippen LogP contribution in [0.2, 0.25) is 5.02 Å². The number of allylic oxidation sites excluding steroid dienone is 1. The first-order chi connectivity index (χ1) is 13.1. The van der Waals surface area contributed by atoms with Gasteiger partial charge in [0, 0.05) is 27.8 Å². The van der Waals surface area contributed by atoms with Crippen molar-refractivity contribution < 1.29 is 4.79 Å². The summed E-state index contributed by atoms with van der Waals surface area (Å²) in [5.41, 5.74) is 0.854. The minimum Gasteiger partial charge on any atom is -0.310 e. The molecule has 1 aromatic carbocycles. The van der Waals surface area contributed by atoms with Crippen LogP contribution in [-0.2, 0) is 11.3 Å². The molecule has 0 fully saturated rings. The van der Waals surface area contributed by atoms with Gasteiger partial charge in [-0.1, -0.05) is 41.6 Å². The van der Waals surface area contributed by atoms with Gasteiger partial charge in [-0.05, 0) is 40.2 Å². The summed E-state index contributed by atoms with van der Waals surface area (Å²) in [4.78, 5) is 16.3. The Kier molecular flexibility index (Phi) is 6.65. The van der Waals surface area contributed by atoms with Crippen molar-refractivity contribution in [1.29, 1.82) is 0 Å². The molecule has 0 saturated heterocycles. The molecular formula is C18H15BrClN5OS. The van der Waals surface area contributed by atoms with E-state index in [-0.39, 0.29) is 11.7 Å². The van der Waals surface area contributed by atoms with Gasteiger partial charge in [0.15, 0.2) is 11.0 Å². The lowest BCUT2D eigenvalue weighted by Gasteiger charge is -2.08. The third-order valence-electron chi connectivity index (χ3n) is 3.44. The van der Waals surface area contributed by atoms with E-state index >= 15 is 0 Å². The van der Waals surface area contributed by atoms with Crippen LogP contribution in [0.4, 0.5) is 5.82 Å². The molecule has 138 valence electrons. The SMILES string of the molecule is C=CCn1c(SCC(=O)Nc2ccc(Br)cn2)nnc1-c1cccc(Cl)c1. The van der Waals surface area contributed by atoms with Gasteiger partial charge in [0.2, 0.25) is 5.91 Å². The van der Waals surface area contributed by atoms with Gasteiger partial charge >= 0.3 is 0 Å². The molecule has 3 aromatic rings. The molecule has 0 atom stereocenters. The van der Waals surface area contributed by atoms with E-state index in [1.807, 2.05) is 28.8 Å². The highest BCUT2D eigenvalue weighted by molar-refractivity contribution is 9.10. The minimum atomic E-state index is -0.174. The van der Waals surface area contributed by atoms with Gasteiger partial charge in [0.1, 0.15) is 5.82 Å². The van der Waals surface area contributed by atoms with Crippen molar-refractivity contribution >= 4 is 51.0 Å². The van der Waals surface area contributed by atoms with Crippen molar-refractivity contribution in [2.45, 2.75) is 11.7 Å². The summed E-state index contributed by atoms with van der Waals surface area (Å²) in [6.07, 6.45) is 3.38. The maximum Gasteiger partial charge on any atom is 0.236 e. The highest BCUT2D eigenvalue weighted by Gasteiger charge is 2.15. The van der Waals surface area contributed by atoms with E-state index in [9.17, 15) is 4.79 Å². The average Bonchev–Trinajstić information content (AvgIpc) is 3.05. The smallest absolute Gasteiger partial charge is 0.236 e. The van der Waals surface area contributed by atoms with Crippen molar-refractivity contribution in [3.05, 3.63) is 64.7 Å². The van der Waals surface area contributed by atoms with Crippen LogP contribution in [0, 0.1) is 0 Å². The third-order valence-corrected chi connectivity index (χ3v) is 5.11. The molecule has 27 heavy (non-hydrogen) atoms. The van der Waals surface area contributed by atoms with Crippen molar-refractivity contribution in [1.82, 2.24) is 19.7 Å². The van der Waals surface area contributed by atoms with Crippen molar-refractivity contribution in [3.8, 4) is 11.4 Å². The third kappa shape index (κ3) is 5.18. The summed E-state index contributed by atoms with van der Waals surface area (Å²) in [5.74, 6) is 1.18. The van der Waals surface area contributed by atoms with Gasteiger partial charge in [-0.15, -0.1) is 16.8 Å². The number of hydrogen-bond donors (Lipinski definition) is 1. The molecule has 0 unspecified atom stereocenters. The molecule has 6 nitrogen and oxygen atoms in total. The number of carbonyl (C=O) groups is 1. The van der Waals surface area contributed by atoms with Gasteiger partial charge in [0.25, 0.3) is 0 Å². The maximum absolute atomic E-state index is 12.2. The van der Waals surface area contributed by atoms with Gasteiger partial charge in [-0.25, -0.2) is 4.98 Å². The summed E-state index contributed by atoms with van der Waals surface area (Å²) in [5, 5.41) is 12.5. The Labute approximate surface area is 174 Å². The average molecular weight is 465 g/mol. The van der Waals surface area contributed by atoms with Crippen LogP contribution in [0.3, 0.4) is 0 Å². The standard InChI is InChI=1S/C18H15BrClN5OS/c1-2-8-25-17(12-4-3-5-14(20)9-12)23-24-18(25)27-11-16(26)22-15-7-6-13(19)10-21-15/h2-7,9-10H,1,8,11H2,(H,21,22,26). The lowest BCUT2D eigenvalue weighted by molar-refractivity contribution is -0.113. The zero-order chi connectivity index (χ0) is 19.2. The monoisotopic (exact) mass is 463 g/mol. The predicted molar refractivity (Wildman–Crippen MR) is 112 cm³/mol. The number of thioether (sulfide) groups is 1. The van der Waals surface area contributed by atoms with Crippen molar-refractivity contribution in [2.24, 2.45) is 0 Å². The van der Waals surface area contributed by atoms with E-state index in [4.69, 9.17) is 11.6 Å². The highest BCUT2D eigenvalue weighted by Crippen LogP contribution is 2.26. The Morgan fingerprint density at radius 3 is 2.89 bits per heavy atom. The molecule has 0 aliphatic carbocycles. The normalized spacial score (nSPS) is 10.6. The summed E-state index contributed by atoms with van der Waals surface area (Å²) in [6.45, 7) is 4.30. The summed E-state index contributed by atoms with van der Waals surface area (Å²) < 4.78 is 2.75. The zero-order valence-electron chi connectivity index (χ0n) is 14.1. The first kappa shape index (κ1) is 19.6. The molecule has 9 heteroatoms. The van der Waals surface area contributed by atoms with Gasteiger partial charge in [-0.3, -0.25) is 9.36 Å². The molecule has 0 radical (unpaired) electrons. The number of hydrogen-bond acceptors (Lipinski definition) is 5. The number of carbonyl (C=O) groups excluding carboxylic acids is 1. The molecule has 0 spiro atoms. The fourth-order valence-corrected chi connectivity index (χ4v) is 3.46. The van der Waals surface area contributed by atoms with E-state index < -0.39 is 0 Å². The number of nitrogens with one attached hydrogen (secondary N) is 1. The van der Waals surface area contributed by atoms with Crippen LogP contribution in [0.5, 0.6) is 0 Å². The van der Waals surface area contributed by atoms with Gasteiger partial charge in [-0.2, -0.15) is 0 Å². The van der Waals surface area contributed by atoms with Crippen LogP contribution in [0.25, 0.3) is 11.4 Å². The van der Waals surface area contributed by atoms with Crippen molar-refractivity contribution in [2.75, 3.05) is 11.1 Å². The Morgan fingerprint density at radius 2 is 2.19 bits per heavy atom. The minimum absolute atomic E-state index is 0.174. The lowest BCUT2D eigenvalue weighted by Crippen LogP contribution is -2.15. The fraction of sp³-hybridized carbons (Fsp3) is 0.111. The molecule has 1 amide bonds. The predicted octanol–water partition coefficient (Wildman–Crippen LogP) is 4.67. The first-order valence-electron chi connectivity index (χ1n) is 7.91. The number of halogens is 2. The second-order valence-corrected chi connectivity index (χ2v) is 7.71. The van der Waals surface area contributed by atoms with Crippen LogP contribution in [-0.4, -0.2) is 31.4 Å². The Balaban J connectivity index is 1.72. The number of anilines is 1. The first-order valence-corrected chi connectivity index (χ1v) is 10.1. The number of aromatic nitrogens is 4. The molecule has 0 bridgehead atoms. The number of rotatable bonds is 7. The number of benzene rings is 1. The van der Waals surface area contributed by atoms with E-state index in [2.05, 4.69) is 43.0 Å². The Morgan fingerprint density at radius 1 is 1.33 bits per heavy atom. The zero-order valence-corrected chi connectivity index (χ0v) is 17.3. The maximum atomic E-state index is 12.2. The van der Waals surface area contributed by atoms with E-state index in [0.29, 0.717) is 28.4 Å². The molecule has 2 heterocycles. The lowest BCUT2D eigenvalue weighted by atomic mass is 10.2. The largest absolute Gasteiger partial charge is 0.310 e. The molecule has 0 aliphatic rings. The van der Waals surface area contributed by atoms with Gasteiger partial charge < -0.3 is 5.32 Å². The van der Waals surface area contributed by atoms with E-state index in [1.165, 1.54) is 11.8 Å².